The summed E-state index contributed by atoms with van der Waals surface area (Å²) in [5.74, 6) is 1.21. The van der Waals surface area contributed by atoms with Crippen molar-refractivity contribution < 1.29 is 14.3 Å². The number of carbonyl (C=O) groups is 1. The average molecular weight is 440 g/mol. The number of aryl methyl sites for hydroxylation is 1. The van der Waals surface area contributed by atoms with Crippen molar-refractivity contribution in [3.63, 3.8) is 0 Å². The van der Waals surface area contributed by atoms with Crippen LogP contribution in [0.15, 0.2) is 36.5 Å². The molecule has 7 heteroatoms. The topological polar surface area (TPSA) is 63.7 Å². The number of hydrogen-bond donors (Lipinski definition) is 1. The van der Waals surface area contributed by atoms with Gasteiger partial charge in [-0.2, -0.15) is 0 Å². The van der Waals surface area contributed by atoms with Crippen molar-refractivity contribution >= 4 is 27.5 Å². The van der Waals surface area contributed by atoms with Crippen molar-refractivity contribution in [2.24, 2.45) is 0 Å². The van der Waals surface area contributed by atoms with Crippen molar-refractivity contribution in [1.82, 2.24) is 15.2 Å². The molecule has 0 aliphatic carbocycles. The number of carbonyl (C=O) groups excluding carboxylic acids is 1. The number of thiophene rings is 1. The summed E-state index contributed by atoms with van der Waals surface area (Å²) in [6.07, 6.45) is 2.81. The van der Waals surface area contributed by atoms with E-state index < -0.39 is 0 Å². The van der Waals surface area contributed by atoms with E-state index in [1.165, 1.54) is 22.5 Å². The van der Waals surface area contributed by atoms with Crippen LogP contribution in [0.2, 0.25) is 0 Å². The van der Waals surface area contributed by atoms with Gasteiger partial charge in [-0.15, -0.1) is 11.3 Å². The van der Waals surface area contributed by atoms with Gasteiger partial charge in [0.2, 0.25) is 0 Å². The Balaban J connectivity index is 1.56. The van der Waals surface area contributed by atoms with Crippen LogP contribution in [0.25, 0.3) is 10.2 Å². The maximum Gasteiger partial charge on any atom is 0.261 e. The maximum absolute atomic E-state index is 12.9. The quantitative estimate of drug-likeness (QED) is 0.538. The highest BCUT2D eigenvalue weighted by atomic mass is 32.1. The summed E-state index contributed by atoms with van der Waals surface area (Å²) in [4.78, 5) is 21.6. The minimum atomic E-state index is -0.0336. The van der Waals surface area contributed by atoms with Gasteiger partial charge in [-0.3, -0.25) is 9.69 Å². The Morgan fingerprint density at radius 2 is 2.19 bits per heavy atom. The molecule has 164 valence electrons. The average Bonchev–Trinajstić information content (AvgIpc) is 3.39. The smallest absolute Gasteiger partial charge is 0.261 e. The number of nitrogens with one attached hydrogen (secondary N) is 1. The van der Waals surface area contributed by atoms with Crippen LogP contribution in [-0.2, 0) is 11.3 Å². The largest absolute Gasteiger partial charge is 0.496 e. The fraction of sp³-hybridized carbons (Fsp3) is 0.417. The van der Waals surface area contributed by atoms with Gasteiger partial charge in [0.15, 0.2) is 0 Å². The summed E-state index contributed by atoms with van der Waals surface area (Å²) in [6.45, 7) is 5.82. The van der Waals surface area contributed by atoms with E-state index in [4.69, 9.17) is 9.47 Å². The number of ether oxygens (including phenoxy) is 2. The number of benzene rings is 1. The number of amides is 1. The van der Waals surface area contributed by atoms with Gasteiger partial charge in [0.25, 0.3) is 5.91 Å². The number of methoxy groups -OCH3 is 2. The molecule has 1 aliphatic rings. The molecule has 0 unspecified atom stereocenters. The van der Waals surface area contributed by atoms with Crippen molar-refractivity contribution in [2.75, 3.05) is 40.5 Å². The van der Waals surface area contributed by atoms with Crippen LogP contribution in [0.1, 0.15) is 38.7 Å². The molecule has 1 fully saturated rings. The zero-order valence-electron chi connectivity index (χ0n) is 18.3. The molecule has 0 radical (unpaired) electrons. The molecule has 1 aliphatic heterocycles. The second-order valence-corrected chi connectivity index (χ2v) is 8.98. The second-order valence-electron chi connectivity index (χ2n) is 7.99. The Hall–Kier alpha value is -2.48. The lowest BCUT2D eigenvalue weighted by Gasteiger charge is -2.19. The SMILES string of the molecule is COCCNC(=O)c1sc2ncccc2c1[C@@H]1CCN(Cc2ccc(C)cc2OC)C1. The molecule has 0 bridgehead atoms. The number of hydrogen-bond acceptors (Lipinski definition) is 6. The number of pyridine rings is 1. The molecular formula is C24H29N3O3S. The van der Waals surface area contributed by atoms with Crippen LogP contribution >= 0.6 is 11.3 Å². The van der Waals surface area contributed by atoms with Crippen LogP contribution in [-0.4, -0.2) is 56.3 Å². The fourth-order valence-corrected chi connectivity index (χ4v) is 5.45. The zero-order chi connectivity index (χ0) is 21.8. The normalized spacial score (nSPS) is 16.7. The highest BCUT2D eigenvalue weighted by Crippen LogP contribution is 2.40. The van der Waals surface area contributed by atoms with Gasteiger partial charge in [-0.05, 0) is 43.1 Å². The molecule has 1 N–H and O–H groups in total. The third-order valence-corrected chi connectivity index (χ3v) is 6.95. The molecular weight excluding hydrogens is 410 g/mol. The van der Waals surface area contributed by atoms with Gasteiger partial charge >= 0.3 is 0 Å². The Bertz CT molecular complexity index is 1070. The number of likely N-dealkylation sites (tertiary alicyclic amines) is 1. The van der Waals surface area contributed by atoms with Crippen molar-refractivity contribution in [3.8, 4) is 5.75 Å². The van der Waals surface area contributed by atoms with E-state index in [1.54, 1.807) is 20.4 Å². The monoisotopic (exact) mass is 439 g/mol. The van der Waals surface area contributed by atoms with Gasteiger partial charge in [0, 0.05) is 49.8 Å². The van der Waals surface area contributed by atoms with E-state index in [0.717, 1.165) is 52.5 Å². The number of fused-ring (bicyclic) bond motifs is 1. The lowest BCUT2D eigenvalue weighted by molar-refractivity contribution is 0.0940. The molecule has 0 saturated carbocycles. The molecule has 1 atom stereocenters. The summed E-state index contributed by atoms with van der Waals surface area (Å²) in [6, 6.07) is 10.4. The van der Waals surface area contributed by atoms with E-state index in [-0.39, 0.29) is 5.91 Å². The van der Waals surface area contributed by atoms with E-state index in [2.05, 4.69) is 46.4 Å². The minimum absolute atomic E-state index is 0.0336. The maximum atomic E-state index is 12.9. The van der Waals surface area contributed by atoms with Crippen molar-refractivity contribution in [3.05, 3.63) is 58.1 Å². The number of nitrogens with zero attached hydrogens (tertiary/aromatic N) is 2. The Morgan fingerprint density at radius 1 is 1.32 bits per heavy atom. The Morgan fingerprint density at radius 3 is 3.00 bits per heavy atom. The molecule has 1 amide bonds. The third kappa shape index (κ3) is 4.74. The predicted molar refractivity (Wildman–Crippen MR) is 124 cm³/mol. The first-order chi connectivity index (χ1) is 15.1. The molecule has 2 aromatic heterocycles. The van der Waals surface area contributed by atoms with Crippen LogP contribution in [0.5, 0.6) is 5.75 Å². The Kier molecular flexibility index (Phi) is 6.85. The molecule has 4 rings (SSSR count). The van der Waals surface area contributed by atoms with Gasteiger partial charge in [0.05, 0.1) is 18.6 Å². The van der Waals surface area contributed by atoms with E-state index in [1.807, 2.05) is 6.07 Å². The fourth-order valence-electron chi connectivity index (χ4n) is 4.31. The zero-order valence-corrected chi connectivity index (χ0v) is 19.1. The first-order valence-electron chi connectivity index (χ1n) is 10.6. The number of rotatable bonds is 8. The Labute approximate surface area is 187 Å². The second kappa shape index (κ2) is 9.77. The lowest BCUT2D eigenvalue weighted by Crippen LogP contribution is -2.27. The van der Waals surface area contributed by atoms with Crippen LogP contribution < -0.4 is 10.1 Å². The predicted octanol–water partition coefficient (Wildman–Crippen LogP) is 3.98. The lowest BCUT2D eigenvalue weighted by atomic mass is 9.95. The standard InChI is InChI=1S/C24H29N3O3S/c1-16-6-7-17(20(13-16)30-3)14-27-11-8-18(15-27)21-19-5-4-9-26-24(19)31-22(21)23(28)25-10-12-29-2/h4-7,9,13,18H,8,10-12,14-15H2,1-3H3,(H,25,28)/t18-/m1/s1. The molecule has 3 aromatic rings. The first-order valence-corrected chi connectivity index (χ1v) is 11.4. The third-order valence-electron chi connectivity index (χ3n) is 5.82. The van der Waals surface area contributed by atoms with E-state index in [9.17, 15) is 4.79 Å². The molecule has 31 heavy (non-hydrogen) atoms. The van der Waals surface area contributed by atoms with Gasteiger partial charge in [-0.25, -0.2) is 4.98 Å². The van der Waals surface area contributed by atoms with Crippen molar-refractivity contribution in [1.29, 1.82) is 0 Å². The molecule has 1 saturated heterocycles. The summed E-state index contributed by atoms with van der Waals surface area (Å²) < 4.78 is 10.7. The summed E-state index contributed by atoms with van der Waals surface area (Å²) in [5, 5.41) is 4.09. The van der Waals surface area contributed by atoms with E-state index in [0.29, 0.717) is 19.1 Å². The number of aromatic nitrogens is 1. The van der Waals surface area contributed by atoms with Crippen LogP contribution in [0, 0.1) is 6.92 Å². The van der Waals surface area contributed by atoms with E-state index >= 15 is 0 Å². The van der Waals surface area contributed by atoms with Gasteiger partial charge in [0.1, 0.15) is 10.6 Å². The highest BCUT2D eigenvalue weighted by molar-refractivity contribution is 7.20. The van der Waals surface area contributed by atoms with Gasteiger partial charge in [-0.1, -0.05) is 18.2 Å². The van der Waals surface area contributed by atoms with Crippen molar-refractivity contribution in [2.45, 2.75) is 25.8 Å². The molecule has 6 nitrogen and oxygen atoms in total. The summed E-state index contributed by atoms with van der Waals surface area (Å²) >= 11 is 1.49. The summed E-state index contributed by atoms with van der Waals surface area (Å²) in [7, 11) is 3.36. The van der Waals surface area contributed by atoms with Crippen LogP contribution in [0.3, 0.4) is 0 Å². The molecule has 1 aromatic carbocycles. The highest BCUT2D eigenvalue weighted by Gasteiger charge is 2.31. The van der Waals surface area contributed by atoms with Gasteiger partial charge < -0.3 is 14.8 Å². The first kappa shape index (κ1) is 21.7. The molecule has 3 heterocycles. The summed E-state index contributed by atoms with van der Waals surface area (Å²) in [5.41, 5.74) is 3.53. The molecule has 0 spiro atoms. The van der Waals surface area contributed by atoms with Crippen LogP contribution in [0.4, 0.5) is 0 Å². The minimum Gasteiger partial charge on any atom is -0.496 e.